The SMILES string of the molecule is N#Cc1ccc(N2CCC(C(=O)Nc3ccc(C#CC4CCNCC4)cn3)CC2)cc1C(F)(F)F. The molecular weight excluding hydrogens is 455 g/mol. The predicted molar refractivity (Wildman–Crippen MR) is 126 cm³/mol. The van der Waals surface area contributed by atoms with E-state index in [9.17, 15) is 18.0 Å². The van der Waals surface area contributed by atoms with Gasteiger partial charge in [-0.3, -0.25) is 4.79 Å². The van der Waals surface area contributed by atoms with Crippen LogP contribution in [0.4, 0.5) is 24.7 Å². The lowest BCUT2D eigenvalue weighted by Crippen LogP contribution is -2.38. The molecule has 1 aromatic carbocycles. The van der Waals surface area contributed by atoms with Crippen molar-refractivity contribution < 1.29 is 18.0 Å². The van der Waals surface area contributed by atoms with Gasteiger partial charge in [0.1, 0.15) is 5.82 Å². The van der Waals surface area contributed by atoms with E-state index in [4.69, 9.17) is 5.26 Å². The van der Waals surface area contributed by atoms with Crippen molar-refractivity contribution in [3.8, 4) is 17.9 Å². The lowest BCUT2D eigenvalue weighted by molar-refractivity contribution is -0.137. The first kappa shape index (κ1) is 24.6. The van der Waals surface area contributed by atoms with Crippen molar-refractivity contribution in [1.82, 2.24) is 10.3 Å². The Balaban J connectivity index is 1.31. The topological polar surface area (TPSA) is 81.0 Å². The number of benzene rings is 1. The third-order valence-electron chi connectivity index (χ3n) is 6.43. The van der Waals surface area contributed by atoms with Crippen molar-refractivity contribution in [3.63, 3.8) is 0 Å². The molecule has 0 atom stereocenters. The summed E-state index contributed by atoms with van der Waals surface area (Å²) in [5, 5.41) is 15.1. The Hall–Kier alpha value is -3.56. The van der Waals surface area contributed by atoms with Crippen LogP contribution in [0.1, 0.15) is 42.4 Å². The summed E-state index contributed by atoms with van der Waals surface area (Å²) < 4.78 is 39.8. The zero-order valence-electron chi connectivity index (χ0n) is 19.2. The molecule has 0 saturated carbocycles. The van der Waals surface area contributed by atoms with Crippen LogP contribution in [0.5, 0.6) is 0 Å². The summed E-state index contributed by atoms with van der Waals surface area (Å²) >= 11 is 0. The van der Waals surface area contributed by atoms with Gasteiger partial charge >= 0.3 is 6.18 Å². The van der Waals surface area contributed by atoms with Gasteiger partial charge in [-0.1, -0.05) is 11.8 Å². The van der Waals surface area contributed by atoms with E-state index in [1.54, 1.807) is 18.3 Å². The quantitative estimate of drug-likeness (QED) is 0.643. The highest BCUT2D eigenvalue weighted by atomic mass is 19.4. The van der Waals surface area contributed by atoms with Gasteiger partial charge in [-0.25, -0.2) is 4.98 Å². The van der Waals surface area contributed by atoms with Crippen molar-refractivity contribution >= 4 is 17.4 Å². The van der Waals surface area contributed by atoms with E-state index in [0.717, 1.165) is 37.6 Å². The van der Waals surface area contributed by atoms with Gasteiger partial charge in [-0.15, -0.1) is 0 Å². The van der Waals surface area contributed by atoms with Crippen molar-refractivity contribution in [2.45, 2.75) is 31.9 Å². The Labute approximate surface area is 202 Å². The number of carbonyl (C=O) groups excluding carboxylic acids is 1. The van der Waals surface area contributed by atoms with Crippen LogP contribution in [0.2, 0.25) is 0 Å². The Kier molecular flexibility index (Phi) is 7.57. The normalized spacial score (nSPS) is 17.3. The number of halogens is 3. The second-order valence-corrected chi connectivity index (χ2v) is 8.82. The van der Waals surface area contributed by atoms with Crippen molar-refractivity contribution in [2.24, 2.45) is 11.8 Å². The maximum absolute atomic E-state index is 13.3. The van der Waals surface area contributed by atoms with Crippen LogP contribution >= 0.6 is 0 Å². The van der Waals surface area contributed by atoms with Crippen LogP contribution in [-0.2, 0) is 11.0 Å². The number of hydrogen-bond acceptors (Lipinski definition) is 5. The van der Waals surface area contributed by atoms with Gasteiger partial charge in [0.25, 0.3) is 0 Å². The Morgan fingerprint density at radius 1 is 1.11 bits per heavy atom. The van der Waals surface area contributed by atoms with Gasteiger partial charge in [0, 0.05) is 42.4 Å². The van der Waals surface area contributed by atoms with E-state index in [1.165, 1.54) is 12.1 Å². The first-order valence-corrected chi connectivity index (χ1v) is 11.7. The summed E-state index contributed by atoms with van der Waals surface area (Å²) in [5.41, 5.74) is -0.132. The highest BCUT2D eigenvalue weighted by Gasteiger charge is 2.35. The molecule has 2 N–H and O–H groups in total. The molecule has 182 valence electrons. The van der Waals surface area contributed by atoms with Crippen molar-refractivity contribution in [3.05, 3.63) is 53.2 Å². The van der Waals surface area contributed by atoms with Crippen LogP contribution in [0.3, 0.4) is 0 Å². The van der Waals surface area contributed by atoms with Gasteiger partial charge in [0.15, 0.2) is 0 Å². The number of carbonyl (C=O) groups is 1. The van der Waals surface area contributed by atoms with Crippen molar-refractivity contribution in [2.75, 3.05) is 36.4 Å². The van der Waals surface area contributed by atoms with E-state index in [1.807, 2.05) is 11.0 Å². The van der Waals surface area contributed by atoms with Crippen LogP contribution in [-0.4, -0.2) is 37.1 Å². The second-order valence-electron chi connectivity index (χ2n) is 8.82. The first-order chi connectivity index (χ1) is 16.8. The fraction of sp³-hybridized carbons (Fsp3) is 0.423. The summed E-state index contributed by atoms with van der Waals surface area (Å²) in [4.78, 5) is 18.8. The predicted octanol–water partition coefficient (Wildman–Crippen LogP) is 4.18. The molecule has 0 radical (unpaired) electrons. The largest absolute Gasteiger partial charge is 0.417 e. The van der Waals surface area contributed by atoms with E-state index in [0.29, 0.717) is 43.4 Å². The number of pyridine rings is 1. The van der Waals surface area contributed by atoms with E-state index in [-0.39, 0.29) is 11.8 Å². The molecule has 3 heterocycles. The molecule has 1 aromatic heterocycles. The molecule has 2 fully saturated rings. The Morgan fingerprint density at radius 2 is 1.86 bits per heavy atom. The maximum atomic E-state index is 13.3. The average Bonchev–Trinajstić information content (AvgIpc) is 2.88. The van der Waals surface area contributed by atoms with E-state index in [2.05, 4.69) is 27.5 Å². The Bertz CT molecular complexity index is 1150. The monoisotopic (exact) mass is 481 g/mol. The van der Waals surface area contributed by atoms with Crippen LogP contribution in [0, 0.1) is 35.0 Å². The number of amides is 1. The smallest absolute Gasteiger partial charge is 0.371 e. The standard InChI is InChI=1S/C26H26F3N5O/c27-26(28,29)23-15-22(5-4-21(23)16-30)34-13-9-20(10-14-34)25(35)33-24-6-3-19(17-32-24)2-1-18-7-11-31-12-8-18/h3-6,15,17-18,20,31H,7-14H2,(H,32,33,35). The minimum absolute atomic E-state index is 0.151. The maximum Gasteiger partial charge on any atom is 0.417 e. The van der Waals surface area contributed by atoms with Crippen LogP contribution in [0.25, 0.3) is 0 Å². The number of hydrogen-bond donors (Lipinski definition) is 2. The number of anilines is 2. The van der Waals surface area contributed by atoms with Gasteiger partial charge in [-0.2, -0.15) is 18.4 Å². The molecule has 4 rings (SSSR count). The lowest BCUT2D eigenvalue weighted by atomic mass is 9.95. The molecule has 2 aliphatic rings. The fourth-order valence-corrected chi connectivity index (χ4v) is 4.38. The molecule has 35 heavy (non-hydrogen) atoms. The zero-order valence-corrected chi connectivity index (χ0v) is 19.2. The molecule has 2 aliphatic heterocycles. The van der Waals surface area contributed by atoms with Gasteiger partial charge in [0.2, 0.25) is 5.91 Å². The second kappa shape index (κ2) is 10.8. The third kappa shape index (κ3) is 6.32. The van der Waals surface area contributed by atoms with Gasteiger partial charge in [0.05, 0.1) is 17.2 Å². The van der Waals surface area contributed by atoms with Gasteiger partial charge < -0.3 is 15.5 Å². The molecule has 2 aromatic rings. The molecule has 0 aliphatic carbocycles. The molecule has 0 unspecified atom stereocenters. The molecule has 0 spiro atoms. The van der Waals surface area contributed by atoms with Crippen molar-refractivity contribution in [1.29, 1.82) is 5.26 Å². The number of piperidine rings is 2. The third-order valence-corrected chi connectivity index (χ3v) is 6.43. The summed E-state index contributed by atoms with van der Waals surface area (Å²) in [7, 11) is 0. The number of aromatic nitrogens is 1. The summed E-state index contributed by atoms with van der Waals surface area (Å²) in [6.45, 7) is 2.87. The highest BCUT2D eigenvalue weighted by molar-refractivity contribution is 5.91. The van der Waals surface area contributed by atoms with E-state index >= 15 is 0 Å². The number of alkyl halides is 3. The highest BCUT2D eigenvalue weighted by Crippen LogP contribution is 2.35. The van der Waals surface area contributed by atoms with Crippen LogP contribution < -0.4 is 15.5 Å². The molecule has 0 bridgehead atoms. The minimum Gasteiger partial charge on any atom is -0.371 e. The molecular formula is C26H26F3N5O. The van der Waals surface area contributed by atoms with E-state index < -0.39 is 17.3 Å². The molecule has 6 nitrogen and oxygen atoms in total. The number of nitrogens with one attached hydrogen (secondary N) is 2. The molecule has 1 amide bonds. The number of rotatable bonds is 3. The fourth-order valence-electron chi connectivity index (χ4n) is 4.38. The Morgan fingerprint density at radius 3 is 2.49 bits per heavy atom. The lowest BCUT2D eigenvalue weighted by Gasteiger charge is -2.33. The summed E-state index contributed by atoms with van der Waals surface area (Å²) in [6.07, 6.45) is 0.153. The average molecular weight is 482 g/mol. The summed E-state index contributed by atoms with van der Waals surface area (Å²) in [5.74, 6) is 6.87. The summed E-state index contributed by atoms with van der Waals surface area (Å²) in [6, 6.07) is 8.89. The minimum atomic E-state index is -4.60. The zero-order chi connectivity index (χ0) is 24.8. The first-order valence-electron chi connectivity index (χ1n) is 11.7. The number of nitrogens with zero attached hydrogens (tertiary/aromatic N) is 3. The number of nitriles is 1. The van der Waals surface area contributed by atoms with Crippen LogP contribution in [0.15, 0.2) is 36.5 Å². The van der Waals surface area contributed by atoms with Gasteiger partial charge in [-0.05, 0) is 69.1 Å². The molecule has 9 heteroatoms. The molecule has 2 saturated heterocycles.